The molecule has 0 fully saturated rings. The molecule has 154 valence electrons. The maximum absolute atomic E-state index is 12.2. The first kappa shape index (κ1) is 20.0. The van der Waals surface area contributed by atoms with Crippen molar-refractivity contribution in [3.8, 4) is 17.0 Å². The van der Waals surface area contributed by atoms with Crippen molar-refractivity contribution in [2.24, 2.45) is 5.10 Å². The van der Waals surface area contributed by atoms with Crippen molar-refractivity contribution in [1.29, 1.82) is 0 Å². The van der Waals surface area contributed by atoms with Gasteiger partial charge >= 0.3 is 0 Å². The average Bonchev–Trinajstić information content (AvgIpc) is 3.22. The Morgan fingerprint density at radius 3 is 2.68 bits per heavy atom. The first-order valence-electron chi connectivity index (χ1n) is 9.73. The van der Waals surface area contributed by atoms with Crippen molar-refractivity contribution >= 4 is 12.1 Å². The van der Waals surface area contributed by atoms with Gasteiger partial charge in [0.25, 0.3) is 5.91 Å². The molecule has 0 unspecified atom stereocenters. The van der Waals surface area contributed by atoms with Crippen LogP contribution in [-0.4, -0.2) is 34.0 Å². The second kappa shape index (κ2) is 9.49. The fourth-order valence-corrected chi connectivity index (χ4v) is 3.15. The van der Waals surface area contributed by atoms with Crippen LogP contribution in [0.15, 0.2) is 90.4 Å². The van der Waals surface area contributed by atoms with E-state index in [1.807, 2.05) is 65.5 Å². The van der Waals surface area contributed by atoms with Crippen molar-refractivity contribution in [1.82, 2.24) is 20.2 Å². The highest BCUT2D eigenvalue weighted by Gasteiger charge is 2.14. The van der Waals surface area contributed by atoms with E-state index in [1.165, 1.54) is 6.20 Å². The molecule has 1 amide bonds. The molecule has 0 radical (unpaired) electrons. The number of carbonyl (C=O) groups excluding carboxylic acids is 1. The third-order valence-corrected chi connectivity index (χ3v) is 4.63. The first-order chi connectivity index (χ1) is 15.2. The number of ether oxygens (including phenoxy) is 1. The highest BCUT2D eigenvalue weighted by Crippen LogP contribution is 2.30. The Kier molecular flexibility index (Phi) is 6.13. The van der Waals surface area contributed by atoms with Gasteiger partial charge < -0.3 is 4.74 Å². The predicted molar refractivity (Wildman–Crippen MR) is 119 cm³/mol. The summed E-state index contributed by atoms with van der Waals surface area (Å²) in [6.07, 6.45) is 6.59. The number of pyridine rings is 1. The van der Waals surface area contributed by atoms with Crippen LogP contribution in [0, 0.1) is 0 Å². The monoisotopic (exact) mass is 411 g/mol. The molecule has 0 saturated heterocycles. The van der Waals surface area contributed by atoms with Crippen LogP contribution in [0.5, 0.6) is 5.75 Å². The van der Waals surface area contributed by atoms with Crippen molar-refractivity contribution in [3.63, 3.8) is 0 Å². The van der Waals surface area contributed by atoms with Crippen LogP contribution in [0.4, 0.5) is 0 Å². The zero-order valence-electron chi connectivity index (χ0n) is 17.0. The lowest BCUT2D eigenvalue weighted by Gasteiger charge is -2.06. The average molecular weight is 411 g/mol. The number of hydrazone groups is 1. The van der Waals surface area contributed by atoms with Crippen LogP contribution in [0.2, 0.25) is 0 Å². The number of nitrogens with one attached hydrogen (secondary N) is 1. The van der Waals surface area contributed by atoms with E-state index in [0.29, 0.717) is 23.6 Å². The number of rotatable bonds is 7. The molecule has 4 rings (SSSR count). The van der Waals surface area contributed by atoms with Gasteiger partial charge in [-0.3, -0.25) is 14.5 Å². The van der Waals surface area contributed by atoms with Gasteiger partial charge in [0.15, 0.2) is 0 Å². The van der Waals surface area contributed by atoms with E-state index in [4.69, 9.17) is 9.84 Å². The van der Waals surface area contributed by atoms with E-state index in [9.17, 15) is 4.79 Å². The molecule has 1 N–H and O–H groups in total. The molecule has 0 saturated carbocycles. The number of carbonyl (C=O) groups is 1. The topological polar surface area (TPSA) is 81.4 Å². The fraction of sp³-hybridized carbons (Fsp3) is 0.0833. The molecule has 31 heavy (non-hydrogen) atoms. The number of hydrogen-bond acceptors (Lipinski definition) is 5. The second-order valence-corrected chi connectivity index (χ2v) is 6.76. The Balaban J connectivity index is 1.63. The lowest BCUT2D eigenvalue weighted by atomic mass is 10.1. The zero-order valence-corrected chi connectivity index (χ0v) is 17.0. The van der Waals surface area contributed by atoms with Crippen LogP contribution in [-0.2, 0) is 6.54 Å². The Labute approximate surface area is 180 Å². The molecule has 0 aliphatic rings. The number of para-hydroxylation sites is 1. The molecule has 2 aromatic carbocycles. The molecule has 2 aromatic heterocycles. The summed E-state index contributed by atoms with van der Waals surface area (Å²) < 4.78 is 7.36. The molecular formula is C24H21N5O2. The molecule has 0 aliphatic heterocycles. The second-order valence-electron chi connectivity index (χ2n) is 6.76. The van der Waals surface area contributed by atoms with Gasteiger partial charge in [-0.05, 0) is 29.8 Å². The third-order valence-electron chi connectivity index (χ3n) is 4.63. The van der Waals surface area contributed by atoms with Gasteiger partial charge in [-0.25, -0.2) is 5.43 Å². The standard InChI is InChI=1S/C24H21N5O2/c1-31-22-12-6-5-11-21(22)23-20(15-26-27-24(30)19-10-7-13-25-14-19)17-29(28-23)16-18-8-3-2-4-9-18/h2-15,17H,16H2,1H3,(H,27,30)/b26-15-. The minimum atomic E-state index is -0.333. The van der Waals surface area contributed by atoms with E-state index in [-0.39, 0.29) is 5.91 Å². The maximum Gasteiger partial charge on any atom is 0.272 e. The van der Waals surface area contributed by atoms with Crippen molar-refractivity contribution in [2.45, 2.75) is 6.54 Å². The molecule has 0 spiro atoms. The Morgan fingerprint density at radius 2 is 1.90 bits per heavy atom. The summed E-state index contributed by atoms with van der Waals surface area (Å²) in [5.74, 6) is 0.376. The summed E-state index contributed by atoms with van der Waals surface area (Å²) in [6.45, 7) is 0.610. The fourth-order valence-electron chi connectivity index (χ4n) is 3.15. The maximum atomic E-state index is 12.2. The highest BCUT2D eigenvalue weighted by molar-refractivity contribution is 5.95. The lowest BCUT2D eigenvalue weighted by molar-refractivity contribution is 0.0955. The van der Waals surface area contributed by atoms with Crippen LogP contribution >= 0.6 is 0 Å². The minimum Gasteiger partial charge on any atom is -0.496 e. The van der Waals surface area contributed by atoms with Crippen molar-refractivity contribution in [2.75, 3.05) is 7.11 Å². The normalized spacial score (nSPS) is 10.9. The van der Waals surface area contributed by atoms with Gasteiger partial charge in [-0.1, -0.05) is 42.5 Å². The van der Waals surface area contributed by atoms with E-state index in [1.54, 1.807) is 31.7 Å². The van der Waals surface area contributed by atoms with E-state index in [0.717, 1.165) is 16.7 Å². The van der Waals surface area contributed by atoms with Gasteiger partial charge in [0.05, 0.1) is 25.4 Å². The SMILES string of the molecule is COc1ccccc1-c1nn(Cc2ccccc2)cc1/C=N\NC(=O)c1cccnc1. The Morgan fingerprint density at radius 1 is 1.10 bits per heavy atom. The van der Waals surface area contributed by atoms with Crippen molar-refractivity contribution < 1.29 is 9.53 Å². The Bertz CT molecular complexity index is 1190. The molecule has 0 atom stereocenters. The molecule has 7 nitrogen and oxygen atoms in total. The van der Waals surface area contributed by atoms with Crippen LogP contribution in [0.25, 0.3) is 11.3 Å². The summed E-state index contributed by atoms with van der Waals surface area (Å²) in [4.78, 5) is 16.2. The number of benzene rings is 2. The van der Waals surface area contributed by atoms with Gasteiger partial charge in [-0.15, -0.1) is 0 Å². The molecule has 2 heterocycles. The molecule has 7 heteroatoms. The molecule has 4 aromatic rings. The van der Waals surface area contributed by atoms with Gasteiger partial charge in [0.2, 0.25) is 0 Å². The molecule has 0 aliphatic carbocycles. The van der Waals surface area contributed by atoms with Crippen molar-refractivity contribution in [3.05, 3.63) is 102 Å². The van der Waals surface area contributed by atoms with E-state index >= 15 is 0 Å². The van der Waals surface area contributed by atoms with Gasteiger partial charge in [0.1, 0.15) is 11.4 Å². The summed E-state index contributed by atoms with van der Waals surface area (Å²) in [5, 5.41) is 8.90. The number of nitrogens with zero attached hydrogens (tertiary/aromatic N) is 4. The van der Waals surface area contributed by atoms with Crippen LogP contribution in [0.1, 0.15) is 21.5 Å². The third kappa shape index (κ3) is 4.84. The van der Waals surface area contributed by atoms with Gasteiger partial charge in [0, 0.05) is 29.7 Å². The highest BCUT2D eigenvalue weighted by atomic mass is 16.5. The summed E-state index contributed by atoms with van der Waals surface area (Å²) in [7, 11) is 1.63. The van der Waals surface area contributed by atoms with E-state index < -0.39 is 0 Å². The Hall–Kier alpha value is -4.26. The van der Waals surface area contributed by atoms with Crippen LogP contribution in [0.3, 0.4) is 0 Å². The molecule has 0 bridgehead atoms. The largest absolute Gasteiger partial charge is 0.496 e. The number of methoxy groups -OCH3 is 1. The summed E-state index contributed by atoms with van der Waals surface area (Å²) in [6, 6.07) is 21.1. The minimum absolute atomic E-state index is 0.333. The van der Waals surface area contributed by atoms with Crippen LogP contribution < -0.4 is 10.2 Å². The molecular weight excluding hydrogens is 390 g/mol. The summed E-state index contributed by atoms with van der Waals surface area (Å²) in [5.41, 5.74) is 6.42. The number of hydrogen-bond donors (Lipinski definition) is 1. The quantitative estimate of drug-likeness (QED) is 0.371. The zero-order chi connectivity index (χ0) is 21.5. The number of aromatic nitrogens is 3. The first-order valence-corrected chi connectivity index (χ1v) is 9.73. The lowest BCUT2D eigenvalue weighted by Crippen LogP contribution is -2.17. The number of amides is 1. The summed E-state index contributed by atoms with van der Waals surface area (Å²) >= 11 is 0. The van der Waals surface area contributed by atoms with Gasteiger partial charge in [-0.2, -0.15) is 10.2 Å². The predicted octanol–water partition coefficient (Wildman–Crippen LogP) is 3.77. The van der Waals surface area contributed by atoms with E-state index in [2.05, 4.69) is 15.5 Å². The smallest absolute Gasteiger partial charge is 0.272 e.